The second kappa shape index (κ2) is 2.85. The molecule has 0 aliphatic heterocycles. The van der Waals surface area contributed by atoms with E-state index >= 15 is 0 Å². The Labute approximate surface area is 93.2 Å². The van der Waals surface area contributed by atoms with E-state index in [4.69, 9.17) is 13.0 Å². The molecule has 4 aliphatic carbocycles. The number of hydrogen-bond donors (Lipinski definition) is 0. The molecule has 0 aromatic carbocycles. The summed E-state index contributed by atoms with van der Waals surface area (Å²) in [6, 6.07) is 0. The van der Waals surface area contributed by atoms with Crippen LogP contribution in [0, 0.1) is 23.7 Å². The third-order valence-electron chi connectivity index (χ3n) is 4.16. The SMILES string of the molecule is CC(=O)O[C@H]1[C@H]2C[C@@H]3[C@H]([C@@H]2[Hg][Cl])[C@@H]31. The summed E-state index contributed by atoms with van der Waals surface area (Å²) in [5, 5.41) is 0. The molecule has 4 bridgehead atoms. The van der Waals surface area contributed by atoms with Gasteiger partial charge in [-0.3, -0.25) is 0 Å². The van der Waals surface area contributed by atoms with E-state index in [1.165, 1.54) is 13.3 Å². The van der Waals surface area contributed by atoms with Gasteiger partial charge in [0.05, 0.1) is 0 Å². The topological polar surface area (TPSA) is 26.3 Å². The van der Waals surface area contributed by atoms with Crippen molar-refractivity contribution in [2.24, 2.45) is 23.7 Å². The van der Waals surface area contributed by atoms with Crippen molar-refractivity contribution in [3.8, 4) is 0 Å². The number of rotatable bonds is 2. The standard InChI is InChI=1S/C9H11O2.ClH.Hg/c1-4(10)11-9-5-2-6-7(3-5)8(6)9;;/h2,5-9H,3H2,1H3;1H;/q;;+1/p-1/t5-,6+,7-,8+,9+;;/m1../s1. The Hall–Kier alpha value is 0.695. The maximum absolute atomic E-state index is 10.9. The molecular formula is C9H11ClHgO2. The number of ether oxygens (including phenoxy) is 1. The Morgan fingerprint density at radius 3 is 2.69 bits per heavy atom. The quantitative estimate of drug-likeness (QED) is 0.534. The molecule has 13 heavy (non-hydrogen) atoms. The number of carbonyl (C=O) groups excluding carboxylic acids is 1. The normalized spacial score (nSPS) is 54.6. The van der Waals surface area contributed by atoms with Gasteiger partial charge in [0.15, 0.2) is 0 Å². The average molecular weight is 387 g/mol. The van der Waals surface area contributed by atoms with Gasteiger partial charge in [0.2, 0.25) is 0 Å². The zero-order chi connectivity index (χ0) is 9.16. The summed E-state index contributed by atoms with van der Waals surface area (Å²) in [6.45, 7) is 1.52. The Kier molecular flexibility index (Phi) is 1.96. The number of halogens is 1. The second-order valence-corrected chi connectivity index (χ2v) is 12.2. The van der Waals surface area contributed by atoms with Gasteiger partial charge in [-0.05, 0) is 0 Å². The molecule has 4 heteroatoms. The monoisotopic (exact) mass is 388 g/mol. The zero-order valence-electron chi connectivity index (χ0n) is 7.57. The molecule has 0 saturated heterocycles. The third-order valence-corrected chi connectivity index (χ3v) is 13.1. The van der Waals surface area contributed by atoms with Gasteiger partial charge in [0, 0.05) is 0 Å². The predicted molar refractivity (Wildman–Crippen MR) is 43.7 cm³/mol. The van der Waals surface area contributed by atoms with Gasteiger partial charge in [0.25, 0.3) is 0 Å². The van der Waals surface area contributed by atoms with E-state index in [0.29, 0.717) is 5.92 Å². The van der Waals surface area contributed by atoms with Crippen molar-refractivity contribution in [1.29, 1.82) is 0 Å². The van der Waals surface area contributed by atoms with Gasteiger partial charge in [-0.25, -0.2) is 0 Å². The van der Waals surface area contributed by atoms with Crippen molar-refractivity contribution in [3.05, 3.63) is 0 Å². The van der Waals surface area contributed by atoms with Gasteiger partial charge >= 0.3 is 93.6 Å². The number of carbonyl (C=O) groups is 1. The number of esters is 1. The summed E-state index contributed by atoms with van der Waals surface area (Å²) in [6.07, 6.45) is 1.58. The first-order valence-corrected chi connectivity index (χ1v) is 14.9. The minimum absolute atomic E-state index is 0.104. The van der Waals surface area contributed by atoms with Crippen molar-refractivity contribution in [3.63, 3.8) is 0 Å². The second-order valence-electron chi connectivity index (χ2n) is 4.61. The van der Waals surface area contributed by atoms with Crippen molar-refractivity contribution in [2.45, 2.75) is 22.9 Å². The Morgan fingerprint density at radius 1 is 1.46 bits per heavy atom. The maximum atomic E-state index is 10.9. The summed E-state index contributed by atoms with van der Waals surface area (Å²) in [7, 11) is 6.13. The first-order valence-electron chi connectivity index (χ1n) is 4.97. The summed E-state index contributed by atoms with van der Waals surface area (Å²) in [5.74, 6) is 3.11. The molecule has 0 aromatic rings. The molecule has 68 valence electrons. The molecule has 0 spiro atoms. The van der Waals surface area contributed by atoms with Crippen LogP contribution in [0.5, 0.6) is 0 Å². The van der Waals surface area contributed by atoms with Crippen molar-refractivity contribution in [1.82, 2.24) is 0 Å². The molecule has 4 rings (SSSR count). The molecule has 0 heterocycles. The van der Waals surface area contributed by atoms with Crippen LogP contribution in [-0.4, -0.2) is 12.1 Å². The fourth-order valence-electron chi connectivity index (χ4n) is 3.82. The fraction of sp³-hybridized carbons (Fsp3) is 0.889. The van der Waals surface area contributed by atoms with Crippen LogP contribution in [0.4, 0.5) is 0 Å². The minimum atomic E-state index is -1.10. The van der Waals surface area contributed by atoms with Crippen LogP contribution >= 0.6 is 8.25 Å². The first-order chi connectivity index (χ1) is 6.24. The Balaban J connectivity index is 1.78. The van der Waals surface area contributed by atoms with Gasteiger partial charge in [0.1, 0.15) is 0 Å². The molecular weight excluding hydrogens is 376 g/mol. The van der Waals surface area contributed by atoms with Gasteiger partial charge < -0.3 is 0 Å². The molecule has 4 fully saturated rings. The van der Waals surface area contributed by atoms with Crippen LogP contribution < -0.4 is 0 Å². The molecule has 6 atom stereocenters. The van der Waals surface area contributed by atoms with E-state index < -0.39 is 23.3 Å². The fourth-order valence-corrected chi connectivity index (χ4v) is 13.7. The van der Waals surface area contributed by atoms with Crippen LogP contribution in [-0.2, 0) is 32.9 Å². The molecule has 4 aliphatic rings. The molecule has 0 aromatic heterocycles. The van der Waals surface area contributed by atoms with Crippen LogP contribution in [0.3, 0.4) is 0 Å². The van der Waals surface area contributed by atoms with Gasteiger partial charge in [-0.15, -0.1) is 0 Å². The summed E-state index contributed by atoms with van der Waals surface area (Å²) < 4.78 is 6.25. The molecule has 0 unspecified atom stereocenters. The van der Waals surface area contributed by atoms with Crippen molar-refractivity contribution >= 4 is 14.2 Å². The van der Waals surface area contributed by atoms with E-state index in [1.807, 2.05) is 0 Å². The van der Waals surface area contributed by atoms with Gasteiger partial charge in [-0.1, -0.05) is 0 Å². The van der Waals surface area contributed by atoms with E-state index in [-0.39, 0.29) is 12.1 Å². The molecule has 0 radical (unpaired) electrons. The zero-order valence-corrected chi connectivity index (χ0v) is 13.8. The average Bonchev–Trinajstić information content (AvgIpc) is 2.42. The van der Waals surface area contributed by atoms with Crippen molar-refractivity contribution < 1.29 is 32.9 Å². The van der Waals surface area contributed by atoms with E-state index in [1.54, 1.807) is 0 Å². The van der Waals surface area contributed by atoms with Crippen LogP contribution in [0.25, 0.3) is 0 Å². The summed E-state index contributed by atoms with van der Waals surface area (Å²) in [5.41, 5.74) is 0. The Bertz CT molecular complexity index is 270. The van der Waals surface area contributed by atoms with Gasteiger partial charge in [-0.2, -0.15) is 0 Å². The van der Waals surface area contributed by atoms with E-state index in [2.05, 4.69) is 0 Å². The molecule has 4 saturated carbocycles. The van der Waals surface area contributed by atoms with E-state index in [0.717, 1.165) is 21.2 Å². The van der Waals surface area contributed by atoms with Crippen molar-refractivity contribution in [2.75, 3.05) is 0 Å². The van der Waals surface area contributed by atoms with Crippen LogP contribution in [0.15, 0.2) is 0 Å². The molecule has 0 N–H and O–H groups in total. The summed E-state index contributed by atoms with van der Waals surface area (Å²) >= 11 is -1.10. The van der Waals surface area contributed by atoms with Crippen LogP contribution in [0.1, 0.15) is 13.3 Å². The molecule has 0 amide bonds. The van der Waals surface area contributed by atoms with E-state index in [9.17, 15) is 4.79 Å². The third kappa shape index (κ3) is 1.08. The predicted octanol–water partition coefficient (Wildman–Crippen LogP) is 1.84. The molecule has 2 nitrogen and oxygen atoms in total. The Morgan fingerprint density at radius 2 is 2.23 bits per heavy atom. The van der Waals surface area contributed by atoms with Crippen LogP contribution in [0.2, 0.25) is 3.43 Å². The first kappa shape index (κ1) is 8.96. The number of hydrogen-bond acceptors (Lipinski definition) is 2. The summed E-state index contributed by atoms with van der Waals surface area (Å²) in [4.78, 5) is 10.9.